The Labute approximate surface area is 140 Å². The molecule has 2 aromatic rings. The molecule has 3 N–H and O–H groups in total. The Hall–Kier alpha value is -2.26. The van der Waals surface area contributed by atoms with Crippen LogP contribution in [0.1, 0.15) is 26.9 Å². The van der Waals surface area contributed by atoms with Crippen molar-refractivity contribution in [2.24, 2.45) is 0 Å². The van der Waals surface area contributed by atoms with Crippen LogP contribution in [0, 0.1) is 6.92 Å². The van der Waals surface area contributed by atoms with Crippen LogP contribution in [0.3, 0.4) is 0 Å². The van der Waals surface area contributed by atoms with E-state index in [4.69, 9.17) is 16.7 Å². The summed E-state index contributed by atoms with van der Waals surface area (Å²) in [5.74, 6) is 0.0639. The van der Waals surface area contributed by atoms with Crippen molar-refractivity contribution in [3.8, 4) is 0 Å². The topological polar surface area (TPSA) is 117 Å². The molecule has 0 saturated heterocycles. The molecule has 0 atom stereocenters. The van der Waals surface area contributed by atoms with Crippen molar-refractivity contribution >= 4 is 34.9 Å². The fourth-order valence-corrected chi connectivity index (χ4v) is 2.80. The minimum atomic E-state index is -1.11. The van der Waals surface area contributed by atoms with Crippen LogP contribution in [0.25, 0.3) is 0 Å². The number of nitrogens with zero attached hydrogens (tertiary/aromatic N) is 3. The molecule has 0 unspecified atom stereocenters. The summed E-state index contributed by atoms with van der Waals surface area (Å²) in [5, 5.41) is 14.0. The first-order chi connectivity index (χ1) is 11.0. The van der Waals surface area contributed by atoms with E-state index in [2.05, 4.69) is 25.6 Å². The summed E-state index contributed by atoms with van der Waals surface area (Å²) in [6.45, 7) is 2.25. The van der Waals surface area contributed by atoms with E-state index in [1.54, 1.807) is 12.4 Å². The monoisotopic (exact) mass is 355 g/mol. The molecule has 2 aromatic heterocycles. The van der Waals surface area contributed by atoms with Gasteiger partial charge >= 0.3 is 6.09 Å². The number of carbonyl (C=O) groups is 2. The second-order valence-electron chi connectivity index (χ2n) is 4.57. The standard InChI is InChI=1S/C13H14ClN5O3S/c1-7-4-16-8(17-5-7)6-18-12(20)10-11(14)23-9(19-10)2-3-15-13(21)22/h4-5,15H,2-3,6H2,1H3,(H,18,20)(H,21,22). The van der Waals surface area contributed by atoms with Crippen molar-refractivity contribution in [2.45, 2.75) is 19.9 Å². The molecule has 0 bridgehead atoms. The average molecular weight is 356 g/mol. The molecule has 8 nitrogen and oxygen atoms in total. The number of hydrogen-bond acceptors (Lipinski definition) is 6. The van der Waals surface area contributed by atoms with E-state index < -0.39 is 12.0 Å². The lowest BCUT2D eigenvalue weighted by Crippen LogP contribution is -2.25. The number of thiazole rings is 1. The zero-order valence-corrected chi connectivity index (χ0v) is 13.7. The van der Waals surface area contributed by atoms with E-state index >= 15 is 0 Å². The molecule has 2 rings (SSSR count). The predicted octanol–water partition coefficient (Wildman–Crippen LogP) is 1.64. The van der Waals surface area contributed by atoms with E-state index in [0.717, 1.165) is 16.9 Å². The summed E-state index contributed by atoms with van der Waals surface area (Å²) in [6.07, 6.45) is 2.59. The summed E-state index contributed by atoms with van der Waals surface area (Å²) in [7, 11) is 0. The van der Waals surface area contributed by atoms with Crippen LogP contribution in [-0.2, 0) is 13.0 Å². The Balaban J connectivity index is 1.92. The molecule has 0 aliphatic rings. The molecule has 2 amide bonds. The molecule has 0 aromatic carbocycles. The van der Waals surface area contributed by atoms with Crippen LogP contribution in [0.2, 0.25) is 4.34 Å². The van der Waals surface area contributed by atoms with Gasteiger partial charge in [0.25, 0.3) is 5.91 Å². The van der Waals surface area contributed by atoms with Crippen molar-refractivity contribution in [1.82, 2.24) is 25.6 Å². The third-order valence-electron chi connectivity index (χ3n) is 2.70. The third kappa shape index (κ3) is 5.15. The van der Waals surface area contributed by atoms with Gasteiger partial charge in [0, 0.05) is 25.4 Å². The van der Waals surface area contributed by atoms with Crippen LogP contribution in [0.15, 0.2) is 12.4 Å². The normalized spacial score (nSPS) is 10.3. The van der Waals surface area contributed by atoms with E-state index in [9.17, 15) is 9.59 Å². The second kappa shape index (κ2) is 7.84. The maximum Gasteiger partial charge on any atom is 0.404 e. The molecule has 0 aliphatic carbocycles. The highest BCUT2D eigenvalue weighted by Gasteiger charge is 2.17. The largest absolute Gasteiger partial charge is 0.465 e. The number of hydrogen-bond donors (Lipinski definition) is 3. The average Bonchev–Trinajstić information content (AvgIpc) is 2.87. The SMILES string of the molecule is Cc1cnc(CNC(=O)c2nc(CCNC(=O)O)sc2Cl)nc1. The van der Waals surface area contributed by atoms with Gasteiger partial charge in [0.05, 0.1) is 11.6 Å². The van der Waals surface area contributed by atoms with Crippen LogP contribution >= 0.6 is 22.9 Å². The van der Waals surface area contributed by atoms with Crippen molar-refractivity contribution in [3.63, 3.8) is 0 Å². The van der Waals surface area contributed by atoms with E-state index in [0.29, 0.717) is 17.3 Å². The molecule has 0 saturated carbocycles. The van der Waals surface area contributed by atoms with Crippen molar-refractivity contribution in [1.29, 1.82) is 0 Å². The number of aromatic nitrogens is 3. The van der Waals surface area contributed by atoms with Gasteiger partial charge in [0.1, 0.15) is 10.2 Å². The molecule has 0 aliphatic heterocycles. The minimum absolute atomic E-state index is 0.120. The molecule has 0 spiro atoms. The highest BCUT2D eigenvalue weighted by atomic mass is 35.5. The summed E-state index contributed by atoms with van der Waals surface area (Å²) >= 11 is 7.16. The van der Waals surface area contributed by atoms with Gasteiger partial charge in [0.2, 0.25) is 0 Å². The van der Waals surface area contributed by atoms with Crippen molar-refractivity contribution < 1.29 is 14.7 Å². The molecule has 2 heterocycles. The molecular formula is C13H14ClN5O3S. The number of halogens is 1. The molecular weight excluding hydrogens is 342 g/mol. The fourth-order valence-electron chi connectivity index (χ4n) is 1.62. The van der Waals surface area contributed by atoms with Gasteiger partial charge in [-0.1, -0.05) is 11.6 Å². The van der Waals surface area contributed by atoms with Gasteiger partial charge in [0.15, 0.2) is 5.69 Å². The molecule has 0 radical (unpaired) electrons. The van der Waals surface area contributed by atoms with Gasteiger partial charge in [-0.05, 0) is 12.5 Å². The predicted molar refractivity (Wildman–Crippen MR) is 84.8 cm³/mol. The van der Waals surface area contributed by atoms with E-state index in [1.165, 1.54) is 0 Å². The molecule has 0 fully saturated rings. The smallest absolute Gasteiger partial charge is 0.404 e. The Kier molecular flexibility index (Phi) is 5.83. The van der Waals surface area contributed by atoms with Gasteiger partial charge in [-0.3, -0.25) is 4.79 Å². The number of nitrogens with one attached hydrogen (secondary N) is 2. The molecule has 122 valence electrons. The second-order valence-corrected chi connectivity index (χ2v) is 6.26. The lowest BCUT2D eigenvalue weighted by molar-refractivity contribution is 0.0945. The highest BCUT2D eigenvalue weighted by molar-refractivity contribution is 7.16. The Bertz CT molecular complexity index is 704. The summed E-state index contributed by atoms with van der Waals surface area (Å²) < 4.78 is 0.262. The number of carbonyl (C=O) groups excluding carboxylic acids is 1. The summed E-state index contributed by atoms with van der Waals surface area (Å²) in [5.41, 5.74) is 1.05. The third-order valence-corrected chi connectivity index (χ3v) is 4.02. The first kappa shape index (κ1) is 17.1. The lowest BCUT2D eigenvalue weighted by Gasteiger charge is -2.02. The van der Waals surface area contributed by atoms with Crippen molar-refractivity contribution in [3.05, 3.63) is 38.8 Å². The van der Waals surface area contributed by atoms with E-state index in [1.807, 2.05) is 6.92 Å². The maximum atomic E-state index is 12.1. The summed E-state index contributed by atoms with van der Waals surface area (Å²) in [4.78, 5) is 34.8. The first-order valence-corrected chi connectivity index (χ1v) is 7.83. The van der Waals surface area contributed by atoms with Crippen LogP contribution in [0.5, 0.6) is 0 Å². The minimum Gasteiger partial charge on any atom is -0.465 e. The number of aryl methyl sites for hydroxylation is 1. The fraction of sp³-hybridized carbons (Fsp3) is 0.308. The number of rotatable bonds is 6. The van der Waals surface area contributed by atoms with Crippen LogP contribution in [-0.4, -0.2) is 38.6 Å². The zero-order chi connectivity index (χ0) is 16.8. The van der Waals surface area contributed by atoms with Crippen LogP contribution in [0.4, 0.5) is 4.79 Å². The van der Waals surface area contributed by atoms with Gasteiger partial charge in [-0.25, -0.2) is 19.7 Å². The first-order valence-electron chi connectivity index (χ1n) is 6.63. The van der Waals surface area contributed by atoms with Gasteiger partial charge in [-0.2, -0.15) is 0 Å². The van der Waals surface area contributed by atoms with Gasteiger partial charge < -0.3 is 15.7 Å². The maximum absolute atomic E-state index is 12.1. The van der Waals surface area contributed by atoms with Crippen molar-refractivity contribution in [2.75, 3.05) is 6.54 Å². The Morgan fingerprint density at radius 2 is 2.00 bits per heavy atom. The Morgan fingerprint density at radius 3 is 2.65 bits per heavy atom. The number of amides is 2. The molecule has 23 heavy (non-hydrogen) atoms. The quantitative estimate of drug-likeness (QED) is 0.725. The van der Waals surface area contributed by atoms with E-state index in [-0.39, 0.29) is 23.1 Å². The summed E-state index contributed by atoms with van der Waals surface area (Å²) in [6, 6.07) is 0. The van der Waals surface area contributed by atoms with Crippen LogP contribution < -0.4 is 10.6 Å². The van der Waals surface area contributed by atoms with Gasteiger partial charge in [-0.15, -0.1) is 11.3 Å². The molecule has 10 heteroatoms. The Morgan fingerprint density at radius 1 is 1.30 bits per heavy atom. The number of carboxylic acid groups (broad SMARTS) is 1. The highest BCUT2D eigenvalue weighted by Crippen LogP contribution is 2.24. The lowest BCUT2D eigenvalue weighted by atomic mass is 10.4. The zero-order valence-electron chi connectivity index (χ0n) is 12.2.